The molecule has 0 bridgehead atoms. The van der Waals surface area contributed by atoms with E-state index in [9.17, 15) is 18.4 Å². The van der Waals surface area contributed by atoms with E-state index in [0.717, 1.165) is 12.7 Å². The van der Waals surface area contributed by atoms with Crippen molar-refractivity contribution in [1.29, 1.82) is 0 Å². The molecule has 1 aromatic carbocycles. The Kier molecular flexibility index (Phi) is 4.06. The minimum atomic E-state index is -3.88. The number of fused-ring (bicyclic) bond motifs is 2. The lowest BCUT2D eigenvalue weighted by atomic mass is 10.2. The predicted octanol–water partition coefficient (Wildman–Crippen LogP) is 0.825. The topological polar surface area (TPSA) is 98.6 Å². The summed E-state index contributed by atoms with van der Waals surface area (Å²) in [6.07, 6.45) is 1.65. The van der Waals surface area contributed by atoms with E-state index in [2.05, 4.69) is 5.10 Å². The maximum atomic E-state index is 12.8. The first kappa shape index (κ1) is 16.5. The van der Waals surface area contributed by atoms with E-state index in [4.69, 9.17) is 0 Å². The minimum Gasteiger partial charge on any atom is -0.788 e. The van der Waals surface area contributed by atoms with Crippen molar-refractivity contribution in [1.82, 2.24) is 14.8 Å². The van der Waals surface area contributed by atoms with Gasteiger partial charge in [0.2, 0.25) is 9.84 Å². The molecule has 1 aliphatic rings. The van der Waals surface area contributed by atoms with Crippen LogP contribution >= 0.6 is 0 Å². The van der Waals surface area contributed by atoms with Crippen molar-refractivity contribution in [3.63, 3.8) is 0 Å². The lowest BCUT2D eigenvalue weighted by Gasteiger charge is -2.32. The van der Waals surface area contributed by atoms with Crippen molar-refractivity contribution in [3.8, 4) is 0 Å². The van der Waals surface area contributed by atoms with Crippen molar-refractivity contribution in [2.75, 3.05) is 32.1 Å². The van der Waals surface area contributed by atoms with Gasteiger partial charge in [0.25, 0.3) is 5.56 Å². The lowest BCUT2D eigenvalue weighted by Crippen LogP contribution is -2.36. The molecule has 0 spiro atoms. The molecule has 0 aliphatic carbocycles. The molecule has 1 aliphatic heterocycles. The largest absolute Gasteiger partial charge is 0.788 e. The van der Waals surface area contributed by atoms with E-state index in [1.54, 1.807) is 23.1 Å². The first-order chi connectivity index (χ1) is 11.3. The highest BCUT2D eigenvalue weighted by Crippen LogP contribution is 2.41. The van der Waals surface area contributed by atoms with E-state index in [1.807, 2.05) is 19.0 Å². The normalized spacial score (nSPS) is 15.2. The second-order valence-electron chi connectivity index (χ2n) is 5.82. The average molecular weight is 349 g/mol. The second kappa shape index (κ2) is 5.91. The number of rotatable bonds is 4. The van der Waals surface area contributed by atoms with Gasteiger partial charge in [-0.15, -0.1) is 0 Å². The molecule has 0 saturated heterocycles. The molecule has 9 heteroatoms. The lowest BCUT2D eigenvalue weighted by molar-refractivity contribution is 0.402. The summed E-state index contributed by atoms with van der Waals surface area (Å²) in [5.74, 6) is 0. The van der Waals surface area contributed by atoms with Crippen LogP contribution in [0.4, 0.5) is 11.4 Å². The highest BCUT2D eigenvalue weighted by molar-refractivity contribution is 7.92. The smallest absolute Gasteiger partial charge is 0.287 e. The molecule has 128 valence electrons. The maximum absolute atomic E-state index is 12.8. The van der Waals surface area contributed by atoms with Crippen molar-refractivity contribution in [3.05, 3.63) is 46.0 Å². The van der Waals surface area contributed by atoms with Crippen LogP contribution in [0.5, 0.6) is 0 Å². The average Bonchev–Trinajstić information content (AvgIpc) is 2.53. The van der Waals surface area contributed by atoms with Crippen molar-refractivity contribution >= 4 is 21.2 Å². The number of para-hydroxylation sites is 1. The standard InChI is InChI=1S/C15H17N4O4S/c1-17(2)8-5-9-18-11-6-3-4-7-12(11)24(22,23)13-10-16-19(21)15(20)14(13)18/h3-4,6-7,10H,5,8-9H2,1-2H3/q-1. The summed E-state index contributed by atoms with van der Waals surface area (Å²) in [7, 11) is -0.0264. The third-order valence-corrected chi connectivity index (χ3v) is 5.68. The molecule has 0 fully saturated rings. The van der Waals surface area contributed by atoms with Crippen LogP contribution in [0.15, 0.2) is 45.0 Å². The Labute approximate surface area is 139 Å². The monoisotopic (exact) mass is 349 g/mol. The van der Waals surface area contributed by atoms with E-state index < -0.39 is 15.4 Å². The van der Waals surface area contributed by atoms with Gasteiger partial charge in [-0.3, -0.25) is 9.64 Å². The fraction of sp³-hybridized carbons (Fsp3) is 0.333. The molecule has 0 N–H and O–H groups in total. The van der Waals surface area contributed by atoms with Gasteiger partial charge in [0, 0.05) is 6.54 Å². The third-order valence-electron chi connectivity index (χ3n) is 3.88. The summed E-state index contributed by atoms with van der Waals surface area (Å²) >= 11 is 0. The van der Waals surface area contributed by atoms with Crippen LogP contribution in [-0.4, -0.2) is 50.4 Å². The summed E-state index contributed by atoms with van der Waals surface area (Å²) < 4.78 is 25.5. The first-order valence-corrected chi connectivity index (χ1v) is 8.88. The van der Waals surface area contributed by atoms with E-state index in [-0.39, 0.29) is 20.3 Å². The van der Waals surface area contributed by atoms with Gasteiger partial charge >= 0.3 is 0 Å². The second-order valence-corrected chi connectivity index (χ2v) is 7.70. The quantitative estimate of drug-likeness (QED) is 0.806. The number of aromatic nitrogens is 2. The van der Waals surface area contributed by atoms with Gasteiger partial charge in [-0.2, -0.15) is 5.10 Å². The van der Waals surface area contributed by atoms with Gasteiger partial charge in [0.1, 0.15) is 10.6 Å². The van der Waals surface area contributed by atoms with Crippen LogP contribution in [0.2, 0.25) is 0 Å². The molecular weight excluding hydrogens is 332 g/mol. The Morgan fingerprint density at radius 1 is 1.21 bits per heavy atom. The first-order valence-electron chi connectivity index (χ1n) is 7.40. The summed E-state index contributed by atoms with van der Waals surface area (Å²) in [6.45, 7) is 1.17. The van der Waals surface area contributed by atoms with Gasteiger partial charge in [-0.25, -0.2) is 8.42 Å². The molecule has 0 radical (unpaired) electrons. The Balaban J connectivity index is 2.20. The van der Waals surface area contributed by atoms with Gasteiger partial charge in [0.15, 0.2) is 0 Å². The molecule has 0 atom stereocenters. The number of anilines is 2. The van der Waals surface area contributed by atoms with Crippen LogP contribution in [0.25, 0.3) is 0 Å². The summed E-state index contributed by atoms with van der Waals surface area (Å²) in [6, 6.07) is 6.46. The van der Waals surface area contributed by atoms with Crippen molar-refractivity contribution < 1.29 is 8.42 Å². The van der Waals surface area contributed by atoms with Crippen molar-refractivity contribution in [2.45, 2.75) is 16.2 Å². The summed E-state index contributed by atoms with van der Waals surface area (Å²) in [5, 5.41) is 14.9. The van der Waals surface area contributed by atoms with Gasteiger partial charge in [0.05, 0.1) is 16.8 Å². The molecule has 0 saturated carbocycles. The van der Waals surface area contributed by atoms with Crippen molar-refractivity contribution in [2.24, 2.45) is 0 Å². The SMILES string of the molecule is CN(C)CCCN1c2ccccc2S(=O)(=O)c2cnn([O-])c(=O)c21. The Morgan fingerprint density at radius 2 is 1.92 bits per heavy atom. The van der Waals surface area contributed by atoms with Gasteiger partial charge in [-0.05, 0) is 39.2 Å². The maximum Gasteiger partial charge on any atom is 0.287 e. The Bertz CT molecular complexity index is 937. The third kappa shape index (κ3) is 2.55. The van der Waals surface area contributed by atoms with Crippen LogP contribution in [0, 0.1) is 5.21 Å². The van der Waals surface area contributed by atoms with Gasteiger partial charge < -0.3 is 15.0 Å². The highest BCUT2D eigenvalue weighted by atomic mass is 32.2. The number of hydrogen-bond acceptors (Lipinski definition) is 7. The molecule has 3 rings (SSSR count). The van der Waals surface area contributed by atoms with E-state index in [0.29, 0.717) is 18.7 Å². The number of hydrogen-bond donors (Lipinski definition) is 0. The molecule has 2 aromatic rings. The fourth-order valence-electron chi connectivity index (χ4n) is 2.78. The highest BCUT2D eigenvalue weighted by Gasteiger charge is 2.36. The molecular formula is C15H17N4O4S-. The molecule has 8 nitrogen and oxygen atoms in total. The molecule has 2 heterocycles. The van der Waals surface area contributed by atoms with Crippen LogP contribution < -0.4 is 10.5 Å². The zero-order valence-electron chi connectivity index (χ0n) is 13.3. The molecule has 0 amide bonds. The van der Waals surface area contributed by atoms with E-state index >= 15 is 0 Å². The van der Waals surface area contributed by atoms with Crippen LogP contribution in [0.3, 0.4) is 0 Å². The summed E-state index contributed by atoms with van der Waals surface area (Å²) in [4.78, 5) is 15.7. The van der Waals surface area contributed by atoms with Crippen LogP contribution in [0.1, 0.15) is 6.42 Å². The molecule has 0 unspecified atom stereocenters. The van der Waals surface area contributed by atoms with E-state index in [1.165, 1.54) is 6.07 Å². The van der Waals surface area contributed by atoms with Crippen LogP contribution in [-0.2, 0) is 9.84 Å². The Morgan fingerprint density at radius 3 is 2.62 bits per heavy atom. The zero-order valence-corrected chi connectivity index (χ0v) is 14.2. The number of benzene rings is 1. The zero-order chi connectivity index (χ0) is 17.5. The number of nitrogens with zero attached hydrogens (tertiary/aromatic N) is 4. The predicted molar refractivity (Wildman–Crippen MR) is 89.3 cm³/mol. The van der Waals surface area contributed by atoms with Gasteiger partial charge in [-0.1, -0.05) is 12.1 Å². The fourth-order valence-corrected chi connectivity index (χ4v) is 4.37. The Hall–Kier alpha value is -2.39. The summed E-state index contributed by atoms with van der Waals surface area (Å²) in [5.41, 5.74) is -0.681. The molecule has 24 heavy (non-hydrogen) atoms. The molecule has 1 aromatic heterocycles. The number of sulfone groups is 1. The minimum absolute atomic E-state index is 0.0821.